The maximum atomic E-state index is 6.23. The van der Waals surface area contributed by atoms with Gasteiger partial charge in [-0.3, -0.25) is 0 Å². The molecule has 1 saturated carbocycles. The van der Waals surface area contributed by atoms with Gasteiger partial charge in [0, 0.05) is 14.1 Å². The average molecular weight is 206 g/mol. The topological polar surface area (TPSA) is 24.8 Å². The Labute approximate surface area is 93.3 Å². The molecule has 0 aromatic carbocycles. The number of rotatable bonds is 0. The molecule has 0 spiro atoms. The largest absolute Gasteiger partial charge is 0.460 e. The van der Waals surface area contributed by atoms with Crippen molar-refractivity contribution in [3.63, 3.8) is 0 Å². The number of aliphatic imine (C=N–C) groups is 1. The minimum Gasteiger partial charge on any atom is -0.460 e. The van der Waals surface area contributed by atoms with Crippen LogP contribution in [0.3, 0.4) is 0 Å². The maximum Gasteiger partial charge on any atom is 0.287 e. The molecule has 1 heterocycles. The third kappa shape index (κ3) is 1.99. The van der Waals surface area contributed by atoms with Crippen molar-refractivity contribution in [2.45, 2.75) is 50.1 Å². The summed E-state index contributed by atoms with van der Waals surface area (Å²) in [6.07, 6.45) is 4.59. The number of amidine groups is 1. The van der Waals surface area contributed by atoms with Crippen molar-refractivity contribution in [3.8, 4) is 0 Å². The van der Waals surface area contributed by atoms with Crippen LogP contribution in [-0.2, 0) is 4.74 Å². The summed E-state index contributed by atoms with van der Waals surface area (Å²) in [4.78, 5) is 6.31. The highest BCUT2D eigenvalue weighted by Crippen LogP contribution is 2.42. The van der Waals surface area contributed by atoms with E-state index in [1.807, 2.05) is 0 Å². The molecule has 3 atom stereocenters. The van der Waals surface area contributed by atoms with Crippen LogP contribution in [0.15, 0.2) is 4.99 Å². The van der Waals surface area contributed by atoms with Crippen molar-refractivity contribution in [3.05, 3.63) is 0 Å². The summed E-state index contributed by atoms with van der Waals surface area (Å²) < 4.78 is 5.84. The van der Waals surface area contributed by atoms with E-state index in [0.717, 1.165) is 25.3 Å². The van der Waals surface area contributed by atoms with Crippen molar-refractivity contribution >= 4 is 13.9 Å². The van der Waals surface area contributed by atoms with Crippen LogP contribution >= 0.6 is 0 Å². The number of hydrogen-bond donors (Lipinski definition) is 0. The van der Waals surface area contributed by atoms with Crippen molar-refractivity contribution in [1.82, 2.24) is 4.90 Å². The molecule has 1 aliphatic heterocycles. The van der Waals surface area contributed by atoms with E-state index in [9.17, 15) is 0 Å². The Kier molecular flexibility index (Phi) is 2.69. The predicted octanol–water partition coefficient (Wildman–Crippen LogP) is 1.59. The highest BCUT2D eigenvalue weighted by atomic mass is 16.5. The summed E-state index contributed by atoms with van der Waals surface area (Å²) in [6.45, 7) is 2.12. The SMILES string of the molecule is [B][C@]1(C)CCCC2C(C1)OC(=NC)N2C. The molecule has 2 rings (SSSR count). The van der Waals surface area contributed by atoms with Crippen molar-refractivity contribution in [1.29, 1.82) is 0 Å². The lowest BCUT2D eigenvalue weighted by atomic mass is 9.65. The van der Waals surface area contributed by atoms with Gasteiger partial charge in [-0.1, -0.05) is 25.1 Å². The summed E-state index contributed by atoms with van der Waals surface area (Å²) in [5.41, 5.74) is 0. The number of ether oxygens (including phenoxy) is 1. The lowest BCUT2D eigenvalue weighted by molar-refractivity contribution is 0.171. The molecule has 0 N–H and O–H groups in total. The first-order valence-electron chi connectivity index (χ1n) is 5.69. The zero-order valence-corrected chi connectivity index (χ0v) is 9.86. The van der Waals surface area contributed by atoms with Gasteiger partial charge < -0.3 is 9.64 Å². The Bertz CT molecular complexity index is 278. The minimum atomic E-state index is -0.0799. The lowest BCUT2D eigenvalue weighted by Gasteiger charge is -2.25. The quantitative estimate of drug-likeness (QED) is 0.562. The zero-order chi connectivity index (χ0) is 11.1. The average Bonchev–Trinajstić information content (AvgIpc) is 2.37. The van der Waals surface area contributed by atoms with Gasteiger partial charge in [0.2, 0.25) is 0 Å². The third-order valence-corrected chi connectivity index (χ3v) is 3.59. The van der Waals surface area contributed by atoms with Crippen LogP contribution in [0.1, 0.15) is 32.6 Å². The van der Waals surface area contributed by atoms with Gasteiger partial charge >= 0.3 is 0 Å². The number of hydrogen-bond acceptors (Lipinski definition) is 2. The number of likely N-dealkylation sites (N-methyl/N-ethyl adjacent to an activating group) is 1. The molecular weight excluding hydrogens is 187 g/mol. The van der Waals surface area contributed by atoms with Crippen LogP contribution < -0.4 is 0 Å². The van der Waals surface area contributed by atoms with Gasteiger partial charge in [0.1, 0.15) is 6.10 Å². The molecule has 0 aromatic rings. The molecule has 4 heteroatoms. The highest BCUT2D eigenvalue weighted by molar-refractivity contribution is 6.14. The van der Waals surface area contributed by atoms with Gasteiger partial charge in [-0.05, 0) is 12.8 Å². The molecule has 0 aromatic heterocycles. The first-order chi connectivity index (χ1) is 7.03. The highest BCUT2D eigenvalue weighted by Gasteiger charge is 2.42. The fourth-order valence-electron chi connectivity index (χ4n) is 2.73. The van der Waals surface area contributed by atoms with E-state index < -0.39 is 0 Å². The predicted molar refractivity (Wildman–Crippen MR) is 62.4 cm³/mol. The molecule has 2 radical (unpaired) electrons. The summed E-state index contributed by atoms with van der Waals surface area (Å²) >= 11 is 0. The Balaban J connectivity index is 2.16. The number of fused-ring (bicyclic) bond motifs is 1. The van der Waals surface area contributed by atoms with Crippen molar-refractivity contribution in [2.75, 3.05) is 14.1 Å². The fourth-order valence-corrected chi connectivity index (χ4v) is 2.73. The molecule has 1 saturated heterocycles. The number of nitrogens with zero attached hydrogens (tertiary/aromatic N) is 2. The van der Waals surface area contributed by atoms with Crippen LogP contribution in [0.5, 0.6) is 0 Å². The second-order valence-corrected chi connectivity index (χ2v) is 5.09. The molecule has 1 aliphatic carbocycles. The van der Waals surface area contributed by atoms with E-state index in [2.05, 4.69) is 23.9 Å². The summed E-state index contributed by atoms with van der Waals surface area (Å²) in [6, 6.07) is 1.23. The molecule has 0 amide bonds. The normalized spacial score (nSPS) is 43.7. The van der Waals surface area contributed by atoms with E-state index in [1.54, 1.807) is 7.05 Å². The molecule has 0 bridgehead atoms. The van der Waals surface area contributed by atoms with Gasteiger partial charge in [0.05, 0.1) is 13.9 Å². The molecule has 2 unspecified atom stereocenters. The molecule has 2 aliphatic rings. The van der Waals surface area contributed by atoms with Crippen molar-refractivity contribution < 1.29 is 4.74 Å². The first kappa shape index (κ1) is 10.8. The Morgan fingerprint density at radius 3 is 3.00 bits per heavy atom. The molecule has 15 heavy (non-hydrogen) atoms. The standard InChI is InChI=1S/C11H19BN2O/c1-11(12)6-4-5-8-9(7-11)15-10(13-2)14(8)3/h8-9H,4-7H2,1-3H3/t8?,9?,11-/m1/s1. The van der Waals surface area contributed by atoms with Gasteiger partial charge in [0.25, 0.3) is 6.02 Å². The monoisotopic (exact) mass is 206 g/mol. The van der Waals surface area contributed by atoms with E-state index in [-0.39, 0.29) is 11.4 Å². The summed E-state index contributed by atoms with van der Waals surface area (Å²) in [7, 11) is 10.1. The second-order valence-electron chi connectivity index (χ2n) is 5.09. The van der Waals surface area contributed by atoms with Crippen molar-refractivity contribution in [2.24, 2.45) is 4.99 Å². The second kappa shape index (κ2) is 3.73. The molecule has 82 valence electrons. The molecule has 2 fully saturated rings. The van der Waals surface area contributed by atoms with Crippen LogP contribution in [0.4, 0.5) is 0 Å². The first-order valence-corrected chi connectivity index (χ1v) is 5.69. The summed E-state index contributed by atoms with van der Waals surface area (Å²) in [5, 5.41) is -0.0799. The van der Waals surface area contributed by atoms with E-state index in [4.69, 9.17) is 12.6 Å². The molecule has 3 nitrogen and oxygen atoms in total. The smallest absolute Gasteiger partial charge is 0.287 e. The Morgan fingerprint density at radius 2 is 2.33 bits per heavy atom. The maximum absolute atomic E-state index is 6.23. The van der Waals surface area contributed by atoms with E-state index >= 15 is 0 Å². The van der Waals surface area contributed by atoms with Crippen LogP contribution in [0.2, 0.25) is 5.31 Å². The lowest BCUT2D eigenvalue weighted by Crippen LogP contribution is -2.33. The van der Waals surface area contributed by atoms with Gasteiger partial charge in [0.15, 0.2) is 0 Å². The van der Waals surface area contributed by atoms with E-state index in [1.165, 1.54) is 6.42 Å². The zero-order valence-electron chi connectivity index (χ0n) is 9.86. The van der Waals surface area contributed by atoms with Crippen LogP contribution in [0, 0.1) is 0 Å². The van der Waals surface area contributed by atoms with Gasteiger partial charge in [-0.2, -0.15) is 0 Å². The third-order valence-electron chi connectivity index (χ3n) is 3.59. The van der Waals surface area contributed by atoms with Gasteiger partial charge in [-0.25, -0.2) is 4.99 Å². The van der Waals surface area contributed by atoms with Gasteiger partial charge in [-0.15, -0.1) is 0 Å². The van der Waals surface area contributed by atoms with E-state index in [0.29, 0.717) is 6.04 Å². The minimum absolute atomic E-state index is 0.0799. The molecular formula is C11H19BN2O. The Morgan fingerprint density at radius 1 is 1.60 bits per heavy atom. The van der Waals surface area contributed by atoms with Crippen LogP contribution in [0.25, 0.3) is 0 Å². The van der Waals surface area contributed by atoms with Crippen LogP contribution in [-0.4, -0.2) is 45.0 Å². The Hall–Kier alpha value is -0.665. The summed E-state index contributed by atoms with van der Waals surface area (Å²) in [5.74, 6) is 0. The fraction of sp³-hybridized carbons (Fsp3) is 0.909.